The van der Waals surface area contributed by atoms with Crippen LogP contribution in [0.4, 0.5) is 13.2 Å². The van der Waals surface area contributed by atoms with E-state index in [9.17, 15) is 18.0 Å². The zero-order chi connectivity index (χ0) is 21.5. The number of carboxylic acid groups (broad SMARTS) is 1. The summed E-state index contributed by atoms with van der Waals surface area (Å²) >= 11 is 0. The van der Waals surface area contributed by atoms with Crippen molar-refractivity contribution in [2.45, 2.75) is 43.6 Å². The molecule has 0 saturated heterocycles. The molecule has 1 aliphatic carbocycles. The lowest BCUT2D eigenvalue weighted by Crippen LogP contribution is -2.23. The van der Waals surface area contributed by atoms with Gasteiger partial charge in [-0.05, 0) is 35.6 Å². The molecule has 0 fully saturated rings. The van der Waals surface area contributed by atoms with Gasteiger partial charge in [-0.15, -0.1) is 0 Å². The molecule has 0 radical (unpaired) electrons. The maximum absolute atomic E-state index is 13.3. The Hall–Kier alpha value is -2.74. The van der Waals surface area contributed by atoms with Gasteiger partial charge in [-0.25, -0.2) is 0 Å². The minimum absolute atomic E-state index is 0.00808. The topological polar surface area (TPSA) is 65.0 Å². The van der Waals surface area contributed by atoms with Gasteiger partial charge in [-0.3, -0.25) is 4.79 Å². The zero-order valence-corrected chi connectivity index (χ0v) is 16.2. The Morgan fingerprint density at radius 2 is 2.07 bits per heavy atom. The second-order valence-corrected chi connectivity index (χ2v) is 7.52. The summed E-state index contributed by atoms with van der Waals surface area (Å²) in [5.74, 6) is 0.0346. The Morgan fingerprint density at radius 3 is 2.77 bits per heavy atom. The highest BCUT2D eigenvalue weighted by atomic mass is 19.4. The number of aliphatic carboxylic acids is 1. The van der Waals surface area contributed by atoms with Crippen molar-refractivity contribution >= 4 is 5.97 Å². The summed E-state index contributed by atoms with van der Waals surface area (Å²) in [7, 11) is 1.06. The van der Waals surface area contributed by atoms with Gasteiger partial charge in [0.2, 0.25) is 0 Å². The third kappa shape index (κ3) is 3.84. The molecule has 3 atom stereocenters. The summed E-state index contributed by atoms with van der Waals surface area (Å²) in [4.78, 5) is 11.0. The molecular weight excluding hydrogens is 401 g/mol. The first kappa shape index (κ1) is 20.5. The standard InChI is InChI=1S/C22H21F3O5/c1-28-21(22(23,24)25)17-4-2-3-16-15(17)7-8-18(16)30-13-5-6-14-12(9-20(26)27)11-29-19(14)10-13/h2-6,10,12,18,21H,7-9,11H2,1H3,(H,26,27)/t12-,18-,21-/m1/s1. The van der Waals surface area contributed by atoms with Crippen LogP contribution in [0.2, 0.25) is 0 Å². The molecule has 1 N–H and O–H groups in total. The Bertz CT molecular complexity index is 956. The van der Waals surface area contributed by atoms with Crippen LogP contribution in [0.1, 0.15) is 53.2 Å². The third-order valence-corrected chi connectivity index (χ3v) is 5.63. The molecule has 2 aliphatic rings. The van der Waals surface area contributed by atoms with Crippen LogP contribution >= 0.6 is 0 Å². The fraction of sp³-hybridized carbons (Fsp3) is 0.409. The van der Waals surface area contributed by atoms with E-state index < -0.39 is 18.2 Å². The molecular formula is C22H21F3O5. The molecule has 2 aromatic rings. The van der Waals surface area contributed by atoms with E-state index in [1.807, 2.05) is 0 Å². The number of alkyl halides is 3. The van der Waals surface area contributed by atoms with Crippen LogP contribution in [0, 0.1) is 0 Å². The summed E-state index contributed by atoms with van der Waals surface area (Å²) in [6.07, 6.45) is -5.82. The van der Waals surface area contributed by atoms with E-state index in [0.29, 0.717) is 36.5 Å². The number of fused-ring (bicyclic) bond motifs is 2. The van der Waals surface area contributed by atoms with Gasteiger partial charge in [0.15, 0.2) is 6.10 Å². The lowest BCUT2D eigenvalue weighted by atomic mass is 9.97. The lowest BCUT2D eigenvalue weighted by molar-refractivity contribution is -0.216. The maximum Gasteiger partial charge on any atom is 0.418 e. The number of ether oxygens (including phenoxy) is 3. The van der Waals surface area contributed by atoms with Gasteiger partial charge in [-0.1, -0.05) is 24.3 Å². The number of halogens is 3. The van der Waals surface area contributed by atoms with E-state index >= 15 is 0 Å². The second kappa shape index (κ2) is 7.83. The molecule has 1 aliphatic heterocycles. The minimum Gasteiger partial charge on any atom is -0.492 e. The van der Waals surface area contributed by atoms with E-state index in [0.717, 1.165) is 18.2 Å². The fourth-order valence-electron chi connectivity index (χ4n) is 4.32. The van der Waals surface area contributed by atoms with Crippen molar-refractivity contribution in [1.82, 2.24) is 0 Å². The van der Waals surface area contributed by atoms with Crippen LogP contribution in [0.5, 0.6) is 11.5 Å². The summed E-state index contributed by atoms with van der Waals surface area (Å²) in [5, 5.41) is 9.01. The van der Waals surface area contributed by atoms with Crippen molar-refractivity contribution in [1.29, 1.82) is 0 Å². The Morgan fingerprint density at radius 1 is 1.27 bits per heavy atom. The number of rotatable bonds is 6. The number of methoxy groups -OCH3 is 1. The van der Waals surface area contributed by atoms with Crippen molar-refractivity contribution in [2.24, 2.45) is 0 Å². The van der Waals surface area contributed by atoms with Crippen molar-refractivity contribution in [3.63, 3.8) is 0 Å². The van der Waals surface area contributed by atoms with Crippen molar-refractivity contribution in [3.8, 4) is 11.5 Å². The SMILES string of the molecule is CO[C@H](c1cccc2c1CC[C@H]2Oc1ccc2c(c1)OC[C@H]2CC(=O)O)C(F)(F)F. The molecule has 0 saturated carbocycles. The Labute approximate surface area is 171 Å². The fourth-order valence-corrected chi connectivity index (χ4v) is 4.32. The summed E-state index contributed by atoms with van der Waals surface area (Å²) in [6, 6.07) is 10.1. The highest BCUT2D eigenvalue weighted by Crippen LogP contribution is 2.44. The lowest BCUT2D eigenvalue weighted by Gasteiger charge is -2.22. The third-order valence-electron chi connectivity index (χ3n) is 5.63. The van der Waals surface area contributed by atoms with E-state index in [1.54, 1.807) is 30.3 Å². The quantitative estimate of drug-likeness (QED) is 0.713. The number of hydrogen-bond acceptors (Lipinski definition) is 4. The number of benzene rings is 2. The van der Waals surface area contributed by atoms with Crippen LogP contribution in [0.3, 0.4) is 0 Å². The van der Waals surface area contributed by atoms with E-state index in [2.05, 4.69) is 0 Å². The average Bonchev–Trinajstić information content (AvgIpc) is 3.26. The second-order valence-electron chi connectivity index (χ2n) is 7.52. The van der Waals surface area contributed by atoms with E-state index in [4.69, 9.17) is 19.3 Å². The van der Waals surface area contributed by atoms with Gasteiger partial charge in [0.05, 0.1) is 13.0 Å². The van der Waals surface area contributed by atoms with E-state index in [-0.39, 0.29) is 24.0 Å². The number of carboxylic acids is 1. The first-order chi connectivity index (χ1) is 14.3. The van der Waals surface area contributed by atoms with E-state index in [1.165, 1.54) is 6.07 Å². The van der Waals surface area contributed by atoms with Gasteiger partial charge in [0.1, 0.15) is 17.6 Å². The largest absolute Gasteiger partial charge is 0.492 e. The summed E-state index contributed by atoms with van der Waals surface area (Å²) in [5.41, 5.74) is 2.30. The molecule has 0 amide bonds. The summed E-state index contributed by atoms with van der Waals surface area (Å²) < 4.78 is 56.5. The average molecular weight is 422 g/mol. The molecule has 5 nitrogen and oxygen atoms in total. The number of hydrogen-bond donors (Lipinski definition) is 1. The van der Waals surface area contributed by atoms with Crippen LogP contribution in [0.15, 0.2) is 36.4 Å². The van der Waals surface area contributed by atoms with Gasteiger partial charge >= 0.3 is 12.1 Å². The highest BCUT2D eigenvalue weighted by Gasteiger charge is 2.43. The predicted octanol–water partition coefficient (Wildman–Crippen LogP) is 4.95. The van der Waals surface area contributed by atoms with Crippen molar-refractivity contribution in [3.05, 3.63) is 58.7 Å². The first-order valence-electron chi connectivity index (χ1n) is 9.64. The molecule has 30 heavy (non-hydrogen) atoms. The van der Waals surface area contributed by atoms with Crippen molar-refractivity contribution in [2.75, 3.05) is 13.7 Å². The van der Waals surface area contributed by atoms with Gasteiger partial charge < -0.3 is 19.3 Å². The molecule has 0 spiro atoms. The normalized spacial score (nSPS) is 20.9. The Balaban J connectivity index is 1.56. The smallest absolute Gasteiger partial charge is 0.418 e. The predicted molar refractivity (Wildman–Crippen MR) is 101 cm³/mol. The van der Waals surface area contributed by atoms with Gasteiger partial charge in [-0.2, -0.15) is 13.2 Å². The molecule has 0 bridgehead atoms. The summed E-state index contributed by atoms with van der Waals surface area (Å²) in [6.45, 7) is 0.302. The van der Waals surface area contributed by atoms with Crippen LogP contribution in [-0.2, 0) is 16.0 Å². The Kier molecular flexibility index (Phi) is 5.36. The number of carbonyl (C=O) groups is 1. The van der Waals surface area contributed by atoms with Gasteiger partial charge in [0, 0.05) is 24.7 Å². The minimum atomic E-state index is -4.49. The highest BCUT2D eigenvalue weighted by molar-refractivity contribution is 5.68. The first-order valence-corrected chi connectivity index (χ1v) is 9.64. The molecule has 0 unspecified atom stereocenters. The molecule has 4 rings (SSSR count). The van der Waals surface area contributed by atoms with Crippen molar-refractivity contribution < 1.29 is 37.3 Å². The zero-order valence-electron chi connectivity index (χ0n) is 16.2. The molecule has 160 valence electrons. The van der Waals surface area contributed by atoms with Crippen LogP contribution < -0.4 is 9.47 Å². The van der Waals surface area contributed by atoms with Crippen LogP contribution in [-0.4, -0.2) is 31.0 Å². The monoisotopic (exact) mass is 422 g/mol. The van der Waals surface area contributed by atoms with Crippen LogP contribution in [0.25, 0.3) is 0 Å². The van der Waals surface area contributed by atoms with Gasteiger partial charge in [0.25, 0.3) is 0 Å². The molecule has 0 aromatic heterocycles. The molecule has 1 heterocycles. The molecule has 8 heteroatoms. The maximum atomic E-state index is 13.3. The molecule has 2 aromatic carbocycles.